The molecule has 2 aromatic rings. The minimum absolute atomic E-state index is 0.676. The molecular formula is C28H36ClN3O. The lowest BCUT2D eigenvalue weighted by molar-refractivity contribution is 0.305. The molecule has 0 radical (unpaired) electrons. The van der Waals surface area contributed by atoms with Gasteiger partial charge >= 0.3 is 0 Å². The van der Waals surface area contributed by atoms with E-state index in [1.165, 1.54) is 37.2 Å². The van der Waals surface area contributed by atoms with Crippen LogP contribution in [0, 0.1) is 6.92 Å². The number of nitrogens with zero attached hydrogens (tertiary/aromatic N) is 2. The minimum Gasteiger partial charge on any atom is -0.494 e. The highest BCUT2D eigenvalue weighted by Crippen LogP contribution is 2.32. The second-order valence-corrected chi connectivity index (χ2v) is 9.33. The predicted octanol–water partition coefficient (Wildman–Crippen LogP) is 5.78. The van der Waals surface area contributed by atoms with Crippen molar-refractivity contribution in [1.82, 2.24) is 10.2 Å². The SMILES string of the molecule is C=C(/C=C/c1ccc(N2CCNCC2)c(C)c1Cl)c1ccc(OCC)c(CN2CCCC2)c1. The fourth-order valence-electron chi connectivity index (χ4n) is 4.74. The van der Waals surface area contributed by atoms with Gasteiger partial charge in [-0.15, -0.1) is 0 Å². The van der Waals surface area contributed by atoms with E-state index in [-0.39, 0.29) is 0 Å². The van der Waals surface area contributed by atoms with Gasteiger partial charge in [0.25, 0.3) is 0 Å². The molecule has 0 atom stereocenters. The summed E-state index contributed by atoms with van der Waals surface area (Å²) in [5.41, 5.74) is 6.73. The average Bonchev–Trinajstić information content (AvgIpc) is 3.35. The van der Waals surface area contributed by atoms with Crippen molar-refractivity contribution in [1.29, 1.82) is 0 Å². The van der Waals surface area contributed by atoms with E-state index in [1.54, 1.807) is 0 Å². The van der Waals surface area contributed by atoms with E-state index in [1.807, 2.05) is 6.92 Å². The monoisotopic (exact) mass is 465 g/mol. The van der Waals surface area contributed by atoms with Crippen LogP contribution in [0.3, 0.4) is 0 Å². The number of benzene rings is 2. The van der Waals surface area contributed by atoms with E-state index >= 15 is 0 Å². The first-order valence-electron chi connectivity index (χ1n) is 12.2. The largest absolute Gasteiger partial charge is 0.494 e. The highest BCUT2D eigenvalue weighted by atomic mass is 35.5. The van der Waals surface area contributed by atoms with Gasteiger partial charge in [0.1, 0.15) is 5.75 Å². The summed E-state index contributed by atoms with van der Waals surface area (Å²) in [5, 5.41) is 4.22. The number of allylic oxidation sites excluding steroid dienone is 2. The molecule has 2 aliphatic heterocycles. The van der Waals surface area contributed by atoms with Gasteiger partial charge in [-0.25, -0.2) is 0 Å². The third kappa shape index (κ3) is 5.81. The Balaban J connectivity index is 1.51. The maximum Gasteiger partial charge on any atom is 0.123 e. The van der Waals surface area contributed by atoms with Gasteiger partial charge in [0.05, 0.1) is 11.6 Å². The van der Waals surface area contributed by atoms with Crippen molar-refractivity contribution in [3.63, 3.8) is 0 Å². The molecule has 0 unspecified atom stereocenters. The summed E-state index contributed by atoms with van der Waals surface area (Å²) in [6, 6.07) is 10.7. The second-order valence-electron chi connectivity index (χ2n) is 8.95. The van der Waals surface area contributed by atoms with Gasteiger partial charge in [-0.05, 0) is 80.2 Å². The van der Waals surface area contributed by atoms with Gasteiger partial charge in [0.15, 0.2) is 0 Å². The maximum absolute atomic E-state index is 6.78. The molecule has 0 saturated carbocycles. The smallest absolute Gasteiger partial charge is 0.123 e. The van der Waals surface area contributed by atoms with Crippen LogP contribution in [0.2, 0.25) is 5.02 Å². The Kier molecular flexibility index (Phi) is 8.13. The zero-order valence-electron chi connectivity index (χ0n) is 20.0. The second kappa shape index (κ2) is 11.2. The third-order valence-corrected chi connectivity index (χ3v) is 7.13. The van der Waals surface area contributed by atoms with Crippen LogP contribution in [-0.4, -0.2) is 50.8 Å². The van der Waals surface area contributed by atoms with Crippen molar-refractivity contribution in [2.75, 3.05) is 50.8 Å². The summed E-state index contributed by atoms with van der Waals surface area (Å²) in [7, 11) is 0. The quantitative estimate of drug-likeness (QED) is 0.500. The molecule has 0 bridgehead atoms. The first-order valence-corrected chi connectivity index (χ1v) is 12.5. The zero-order valence-corrected chi connectivity index (χ0v) is 20.8. The van der Waals surface area contributed by atoms with Crippen LogP contribution in [0.25, 0.3) is 11.6 Å². The Morgan fingerprint density at radius 2 is 1.88 bits per heavy atom. The number of nitrogens with one attached hydrogen (secondary N) is 1. The summed E-state index contributed by atoms with van der Waals surface area (Å²) in [6.45, 7) is 16.5. The Hall–Kier alpha value is -2.27. The number of halogens is 1. The van der Waals surface area contributed by atoms with Crippen molar-refractivity contribution in [3.8, 4) is 5.75 Å². The summed E-state index contributed by atoms with van der Waals surface area (Å²) in [4.78, 5) is 4.91. The molecule has 2 fully saturated rings. The minimum atomic E-state index is 0.676. The molecule has 2 saturated heterocycles. The standard InChI is InChI=1S/C28H36ClN3O/c1-4-33-27-12-10-24(19-25(27)20-31-15-5-6-16-31)21(2)7-8-23-9-11-26(22(3)28(23)29)32-17-13-30-14-18-32/h7-12,19,30H,2,4-6,13-18,20H2,1,3H3/b8-7+. The van der Waals surface area contributed by atoms with Gasteiger partial charge < -0.3 is 15.0 Å². The van der Waals surface area contributed by atoms with Gasteiger partial charge in [0, 0.05) is 44.0 Å². The highest BCUT2D eigenvalue weighted by molar-refractivity contribution is 6.33. The molecule has 0 aliphatic carbocycles. The van der Waals surface area contributed by atoms with Crippen molar-refractivity contribution >= 4 is 28.9 Å². The van der Waals surface area contributed by atoms with E-state index in [0.717, 1.165) is 65.8 Å². The molecule has 2 aromatic carbocycles. The van der Waals surface area contributed by atoms with E-state index in [0.29, 0.717) is 6.61 Å². The molecule has 1 N–H and O–H groups in total. The molecule has 0 spiro atoms. The predicted molar refractivity (Wildman–Crippen MR) is 141 cm³/mol. The number of hydrogen-bond acceptors (Lipinski definition) is 4. The molecule has 4 nitrogen and oxygen atoms in total. The molecule has 2 heterocycles. The molecule has 176 valence electrons. The number of piperazine rings is 1. The van der Waals surface area contributed by atoms with Crippen molar-refractivity contribution in [3.05, 3.63) is 70.3 Å². The fourth-order valence-corrected chi connectivity index (χ4v) is 4.96. The summed E-state index contributed by atoms with van der Waals surface area (Å²) in [6.07, 6.45) is 6.72. The highest BCUT2D eigenvalue weighted by Gasteiger charge is 2.16. The van der Waals surface area contributed by atoms with Crippen molar-refractivity contribution < 1.29 is 4.74 Å². The van der Waals surface area contributed by atoms with Crippen LogP contribution < -0.4 is 15.0 Å². The number of hydrogen-bond donors (Lipinski definition) is 1. The Morgan fingerprint density at radius 3 is 2.61 bits per heavy atom. The number of rotatable bonds is 8. The molecule has 5 heteroatoms. The fraction of sp³-hybridized carbons (Fsp3) is 0.429. The zero-order chi connectivity index (χ0) is 23.2. The van der Waals surface area contributed by atoms with E-state index in [4.69, 9.17) is 16.3 Å². The lowest BCUT2D eigenvalue weighted by Gasteiger charge is -2.31. The molecule has 33 heavy (non-hydrogen) atoms. The van der Waals surface area contributed by atoms with E-state index in [2.05, 4.69) is 71.1 Å². The summed E-state index contributed by atoms with van der Waals surface area (Å²) >= 11 is 6.78. The molecule has 2 aliphatic rings. The first kappa shape index (κ1) is 23.9. The van der Waals surface area contributed by atoms with Gasteiger partial charge in [-0.2, -0.15) is 0 Å². The third-order valence-electron chi connectivity index (χ3n) is 6.63. The Bertz CT molecular complexity index is 1000. The molecule has 4 rings (SSSR count). The topological polar surface area (TPSA) is 27.7 Å². The van der Waals surface area contributed by atoms with Gasteiger partial charge in [-0.1, -0.05) is 42.5 Å². The van der Waals surface area contributed by atoms with E-state index in [9.17, 15) is 0 Å². The van der Waals surface area contributed by atoms with Crippen LogP contribution in [0.4, 0.5) is 5.69 Å². The first-order chi connectivity index (χ1) is 16.1. The van der Waals surface area contributed by atoms with Gasteiger partial charge in [-0.3, -0.25) is 4.90 Å². The maximum atomic E-state index is 6.78. The number of likely N-dealkylation sites (tertiary alicyclic amines) is 1. The van der Waals surface area contributed by atoms with Crippen LogP contribution in [0.1, 0.15) is 42.0 Å². The molecule has 0 aromatic heterocycles. The number of ether oxygens (including phenoxy) is 1. The lowest BCUT2D eigenvalue weighted by atomic mass is 10.0. The number of anilines is 1. The van der Waals surface area contributed by atoms with Crippen molar-refractivity contribution in [2.45, 2.75) is 33.2 Å². The van der Waals surface area contributed by atoms with Crippen LogP contribution >= 0.6 is 11.6 Å². The Morgan fingerprint density at radius 1 is 1.12 bits per heavy atom. The molecule has 0 amide bonds. The lowest BCUT2D eigenvalue weighted by Crippen LogP contribution is -2.43. The van der Waals surface area contributed by atoms with Crippen LogP contribution in [-0.2, 0) is 6.54 Å². The van der Waals surface area contributed by atoms with Crippen LogP contribution in [0.15, 0.2) is 43.0 Å². The summed E-state index contributed by atoms with van der Waals surface area (Å²) < 4.78 is 5.90. The van der Waals surface area contributed by atoms with Crippen LogP contribution in [0.5, 0.6) is 5.75 Å². The van der Waals surface area contributed by atoms with Gasteiger partial charge in [0.2, 0.25) is 0 Å². The van der Waals surface area contributed by atoms with E-state index < -0.39 is 0 Å². The normalized spacial score (nSPS) is 17.1. The molecular weight excluding hydrogens is 430 g/mol. The summed E-state index contributed by atoms with van der Waals surface area (Å²) in [5.74, 6) is 0.979. The van der Waals surface area contributed by atoms with Crippen molar-refractivity contribution in [2.24, 2.45) is 0 Å². The Labute approximate surface area is 203 Å². The average molecular weight is 466 g/mol.